The molecular weight excluding hydrogens is 396 g/mol. The molecule has 0 bridgehead atoms. The van der Waals surface area contributed by atoms with Gasteiger partial charge in [0.1, 0.15) is 22.9 Å². The standard InChI is InChI=1S/C21H18N8O2/c1-13(30)25-19-7-6-14(10-24-19)15-4-3-5-16(26-15)21(31)27-18-12-29(2)28-20(18)17-11-22-8-9-23-17/h3-12H,1-2H3,(H,27,31)(H,24,25,30). The van der Waals surface area contributed by atoms with Gasteiger partial charge in [0, 0.05) is 44.3 Å². The minimum absolute atomic E-state index is 0.201. The molecule has 10 heteroatoms. The molecule has 0 saturated carbocycles. The second-order valence-electron chi connectivity index (χ2n) is 6.63. The summed E-state index contributed by atoms with van der Waals surface area (Å²) in [5.74, 6) is -0.144. The van der Waals surface area contributed by atoms with E-state index in [-0.39, 0.29) is 17.5 Å². The van der Waals surface area contributed by atoms with E-state index in [0.717, 1.165) is 0 Å². The first kappa shape index (κ1) is 19.8. The Kier molecular flexibility index (Phi) is 5.43. The summed E-state index contributed by atoms with van der Waals surface area (Å²) in [5, 5.41) is 9.81. The second-order valence-corrected chi connectivity index (χ2v) is 6.63. The van der Waals surface area contributed by atoms with Crippen LogP contribution >= 0.6 is 0 Å². The van der Waals surface area contributed by atoms with E-state index in [1.54, 1.807) is 73.0 Å². The molecule has 0 fully saturated rings. The zero-order valence-corrected chi connectivity index (χ0v) is 16.8. The van der Waals surface area contributed by atoms with Gasteiger partial charge in [0.2, 0.25) is 5.91 Å². The highest BCUT2D eigenvalue weighted by Crippen LogP contribution is 2.24. The molecule has 2 N–H and O–H groups in total. The number of aryl methyl sites for hydroxylation is 1. The first-order chi connectivity index (χ1) is 15.0. The van der Waals surface area contributed by atoms with Crippen LogP contribution in [0.1, 0.15) is 17.4 Å². The number of carbonyl (C=O) groups is 2. The maximum absolute atomic E-state index is 12.9. The van der Waals surface area contributed by atoms with Gasteiger partial charge in [-0.05, 0) is 24.3 Å². The number of carbonyl (C=O) groups excluding carboxylic acids is 2. The highest BCUT2D eigenvalue weighted by atomic mass is 16.2. The van der Waals surface area contributed by atoms with Crippen molar-refractivity contribution in [3.63, 3.8) is 0 Å². The third-order valence-electron chi connectivity index (χ3n) is 4.23. The summed E-state index contributed by atoms with van der Waals surface area (Å²) in [5.41, 5.74) is 3.09. The van der Waals surface area contributed by atoms with Crippen LogP contribution in [0.15, 0.2) is 61.3 Å². The normalized spacial score (nSPS) is 10.5. The highest BCUT2D eigenvalue weighted by Gasteiger charge is 2.16. The number of anilines is 2. The molecule has 0 aliphatic rings. The van der Waals surface area contributed by atoms with E-state index in [2.05, 4.69) is 35.7 Å². The predicted octanol–water partition coefficient (Wildman–Crippen LogP) is 2.54. The lowest BCUT2D eigenvalue weighted by molar-refractivity contribution is -0.114. The molecule has 4 aromatic heterocycles. The van der Waals surface area contributed by atoms with Crippen molar-refractivity contribution in [3.05, 3.63) is 67.0 Å². The van der Waals surface area contributed by atoms with Crippen molar-refractivity contribution in [2.24, 2.45) is 7.05 Å². The van der Waals surface area contributed by atoms with Gasteiger partial charge in [0.15, 0.2) is 0 Å². The van der Waals surface area contributed by atoms with Crippen molar-refractivity contribution in [2.45, 2.75) is 6.92 Å². The number of hydrogen-bond acceptors (Lipinski definition) is 7. The fourth-order valence-electron chi connectivity index (χ4n) is 2.90. The molecular formula is C21H18N8O2. The van der Waals surface area contributed by atoms with Crippen LogP contribution in [0.25, 0.3) is 22.6 Å². The zero-order valence-electron chi connectivity index (χ0n) is 16.8. The van der Waals surface area contributed by atoms with Gasteiger partial charge >= 0.3 is 0 Å². The molecule has 0 aliphatic heterocycles. The molecule has 4 heterocycles. The Morgan fingerprint density at radius 3 is 2.55 bits per heavy atom. The Bertz CT molecular complexity index is 1240. The number of nitrogens with one attached hydrogen (secondary N) is 2. The molecule has 31 heavy (non-hydrogen) atoms. The molecule has 0 aliphatic carbocycles. The van der Waals surface area contributed by atoms with E-state index in [4.69, 9.17) is 0 Å². The van der Waals surface area contributed by atoms with Crippen LogP contribution in [-0.4, -0.2) is 41.5 Å². The Balaban J connectivity index is 1.56. The van der Waals surface area contributed by atoms with Crippen LogP contribution in [-0.2, 0) is 11.8 Å². The molecule has 4 aromatic rings. The van der Waals surface area contributed by atoms with Gasteiger partial charge < -0.3 is 10.6 Å². The van der Waals surface area contributed by atoms with Crippen molar-refractivity contribution in [1.82, 2.24) is 29.7 Å². The van der Waals surface area contributed by atoms with Gasteiger partial charge in [-0.3, -0.25) is 24.2 Å². The topological polar surface area (TPSA) is 128 Å². The lowest BCUT2D eigenvalue weighted by Gasteiger charge is -2.07. The fourth-order valence-corrected chi connectivity index (χ4v) is 2.90. The van der Waals surface area contributed by atoms with Crippen LogP contribution in [0, 0.1) is 0 Å². The van der Waals surface area contributed by atoms with Gasteiger partial charge in [0.25, 0.3) is 5.91 Å². The minimum atomic E-state index is -0.386. The van der Waals surface area contributed by atoms with Gasteiger partial charge in [-0.25, -0.2) is 9.97 Å². The highest BCUT2D eigenvalue weighted by molar-refractivity contribution is 6.04. The van der Waals surface area contributed by atoms with E-state index in [1.165, 1.54) is 6.92 Å². The predicted molar refractivity (Wildman–Crippen MR) is 114 cm³/mol. The molecule has 0 saturated heterocycles. The molecule has 0 spiro atoms. The number of amides is 2. The van der Waals surface area contributed by atoms with Crippen LogP contribution < -0.4 is 10.6 Å². The molecule has 0 atom stereocenters. The summed E-state index contributed by atoms with van der Waals surface area (Å²) >= 11 is 0. The summed E-state index contributed by atoms with van der Waals surface area (Å²) < 4.78 is 1.59. The van der Waals surface area contributed by atoms with Crippen LogP contribution in [0.4, 0.5) is 11.5 Å². The largest absolute Gasteiger partial charge is 0.317 e. The molecule has 0 aromatic carbocycles. The lowest BCUT2D eigenvalue weighted by atomic mass is 10.1. The molecule has 4 rings (SSSR count). The SMILES string of the molecule is CC(=O)Nc1ccc(-c2cccc(C(=O)Nc3cn(C)nc3-c3cnccn3)n2)cn1. The van der Waals surface area contributed by atoms with E-state index in [1.807, 2.05) is 0 Å². The van der Waals surface area contributed by atoms with Gasteiger partial charge in [-0.15, -0.1) is 0 Å². The van der Waals surface area contributed by atoms with Crippen molar-refractivity contribution in [1.29, 1.82) is 0 Å². The average Bonchev–Trinajstić information content (AvgIpc) is 3.14. The summed E-state index contributed by atoms with van der Waals surface area (Å²) in [6.45, 7) is 1.41. The van der Waals surface area contributed by atoms with Gasteiger partial charge in [0.05, 0.1) is 17.6 Å². The molecule has 10 nitrogen and oxygen atoms in total. The molecule has 154 valence electrons. The summed E-state index contributed by atoms with van der Waals surface area (Å²) in [7, 11) is 1.76. The first-order valence-corrected chi connectivity index (χ1v) is 9.32. The Morgan fingerprint density at radius 1 is 0.968 bits per heavy atom. The second kappa shape index (κ2) is 8.49. The Labute approximate surface area is 177 Å². The molecule has 2 amide bonds. The van der Waals surface area contributed by atoms with E-state index >= 15 is 0 Å². The van der Waals surface area contributed by atoms with Gasteiger partial charge in [-0.2, -0.15) is 5.10 Å². The zero-order chi connectivity index (χ0) is 21.8. The number of hydrogen-bond donors (Lipinski definition) is 2. The number of pyridine rings is 2. The molecule has 0 unspecified atom stereocenters. The average molecular weight is 414 g/mol. The summed E-state index contributed by atoms with van der Waals surface area (Å²) in [6.07, 6.45) is 7.98. The fraction of sp³-hybridized carbons (Fsp3) is 0.0952. The van der Waals surface area contributed by atoms with Crippen LogP contribution in [0.3, 0.4) is 0 Å². The first-order valence-electron chi connectivity index (χ1n) is 9.32. The van der Waals surface area contributed by atoms with Crippen LogP contribution in [0.5, 0.6) is 0 Å². The van der Waals surface area contributed by atoms with E-state index < -0.39 is 0 Å². The van der Waals surface area contributed by atoms with E-state index in [0.29, 0.717) is 34.2 Å². The Morgan fingerprint density at radius 2 is 1.84 bits per heavy atom. The van der Waals surface area contributed by atoms with Crippen LogP contribution in [0.2, 0.25) is 0 Å². The van der Waals surface area contributed by atoms with Crippen molar-refractivity contribution >= 4 is 23.3 Å². The summed E-state index contributed by atoms with van der Waals surface area (Å²) in [4.78, 5) is 40.9. The lowest BCUT2D eigenvalue weighted by Crippen LogP contribution is -2.14. The van der Waals surface area contributed by atoms with Crippen molar-refractivity contribution in [2.75, 3.05) is 10.6 Å². The number of rotatable bonds is 5. The minimum Gasteiger partial charge on any atom is -0.317 e. The quantitative estimate of drug-likeness (QED) is 0.514. The number of aromatic nitrogens is 6. The maximum atomic E-state index is 12.9. The molecule has 0 radical (unpaired) electrons. The third-order valence-corrected chi connectivity index (χ3v) is 4.23. The number of nitrogens with zero attached hydrogens (tertiary/aromatic N) is 6. The smallest absolute Gasteiger partial charge is 0.274 e. The summed E-state index contributed by atoms with van der Waals surface area (Å²) in [6, 6.07) is 8.59. The van der Waals surface area contributed by atoms with Gasteiger partial charge in [-0.1, -0.05) is 6.07 Å². The van der Waals surface area contributed by atoms with Crippen molar-refractivity contribution < 1.29 is 9.59 Å². The monoisotopic (exact) mass is 414 g/mol. The third kappa shape index (κ3) is 4.58. The Hall–Kier alpha value is -4.47. The van der Waals surface area contributed by atoms with Crippen molar-refractivity contribution in [3.8, 4) is 22.6 Å². The van der Waals surface area contributed by atoms with E-state index in [9.17, 15) is 9.59 Å². The maximum Gasteiger partial charge on any atom is 0.274 e.